The van der Waals surface area contributed by atoms with Gasteiger partial charge in [-0.15, -0.1) is 0 Å². The normalized spacial score (nSPS) is 25.2. The standard InChI is InChI=1S/C12H16N4O/c1-15-11(9-3-2-4-13-5-9)8-16(12(15)17)10-6-14-7-10/h2-5,10-11,14H,6-8H2,1H3. The second-order valence-electron chi connectivity index (χ2n) is 4.66. The minimum atomic E-state index is 0.130. The molecule has 1 aromatic heterocycles. The van der Waals surface area contributed by atoms with Crippen molar-refractivity contribution in [1.82, 2.24) is 20.1 Å². The van der Waals surface area contributed by atoms with Gasteiger partial charge in [0.15, 0.2) is 0 Å². The maximum Gasteiger partial charge on any atom is 0.320 e. The van der Waals surface area contributed by atoms with Gasteiger partial charge in [-0.25, -0.2) is 4.79 Å². The second-order valence-corrected chi connectivity index (χ2v) is 4.66. The maximum absolute atomic E-state index is 12.1. The second kappa shape index (κ2) is 4.00. The molecule has 90 valence electrons. The Kier molecular flexibility index (Phi) is 2.48. The number of carbonyl (C=O) groups excluding carboxylic acids is 1. The summed E-state index contributed by atoms with van der Waals surface area (Å²) in [6.07, 6.45) is 3.60. The lowest BCUT2D eigenvalue weighted by Crippen LogP contribution is -2.57. The van der Waals surface area contributed by atoms with Gasteiger partial charge >= 0.3 is 6.03 Å². The zero-order chi connectivity index (χ0) is 11.8. The molecule has 17 heavy (non-hydrogen) atoms. The fraction of sp³-hybridized carbons (Fsp3) is 0.500. The number of likely N-dealkylation sites (N-methyl/N-ethyl adjacent to an activating group) is 1. The van der Waals surface area contributed by atoms with E-state index in [9.17, 15) is 4.79 Å². The Morgan fingerprint density at radius 1 is 1.47 bits per heavy atom. The van der Waals surface area contributed by atoms with Gasteiger partial charge in [-0.05, 0) is 11.6 Å². The Balaban J connectivity index is 1.81. The van der Waals surface area contributed by atoms with Crippen molar-refractivity contribution in [2.24, 2.45) is 0 Å². The molecule has 2 saturated heterocycles. The molecule has 2 aliphatic heterocycles. The number of nitrogens with one attached hydrogen (secondary N) is 1. The van der Waals surface area contributed by atoms with E-state index in [0.717, 1.165) is 25.2 Å². The van der Waals surface area contributed by atoms with Crippen LogP contribution in [0.15, 0.2) is 24.5 Å². The Morgan fingerprint density at radius 2 is 2.29 bits per heavy atom. The number of hydrogen-bond acceptors (Lipinski definition) is 3. The van der Waals surface area contributed by atoms with Gasteiger partial charge in [0.2, 0.25) is 0 Å². The zero-order valence-electron chi connectivity index (χ0n) is 9.84. The molecule has 3 heterocycles. The summed E-state index contributed by atoms with van der Waals surface area (Å²) < 4.78 is 0. The van der Waals surface area contributed by atoms with E-state index in [1.807, 2.05) is 35.2 Å². The zero-order valence-corrected chi connectivity index (χ0v) is 9.84. The van der Waals surface area contributed by atoms with Crippen LogP contribution >= 0.6 is 0 Å². The fourth-order valence-corrected chi connectivity index (χ4v) is 2.42. The van der Waals surface area contributed by atoms with Crippen LogP contribution in [0.1, 0.15) is 11.6 Å². The van der Waals surface area contributed by atoms with Crippen molar-refractivity contribution in [3.63, 3.8) is 0 Å². The lowest BCUT2D eigenvalue weighted by molar-refractivity contribution is 0.162. The summed E-state index contributed by atoms with van der Waals surface area (Å²) in [6, 6.07) is 4.58. The highest BCUT2D eigenvalue weighted by atomic mass is 16.2. The van der Waals surface area contributed by atoms with E-state index in [1.54, 1.807) is 6.20 Å². The number of hydrogen-bond donors (Lipinski definition) is 1. The Hall–Kier alpha value is -1.62. The van der Waals surface area contributed by atoms with E-state index in [2.05, 4.69) is 10.3 Å². The number of rotatable bonds is 2. The van der Waals surface area contributed by atoms with E-state index in [1.165, 1.54) is 0 Å². The molecule has 2 aliphatic rings. The Labute approximate surface area is 100 Å². The summed E-state index contributed by atoms with van der Waals surface area (Å²) >= 11 is 0. The molecule has 5 nitrogen and oxygen atoms in total. The highest BCUT2D eigenvalue weighted by Gasteiger charge is 2.40. The summed E-state index contributed by atoms with van der Waals surface area (Å²) in [5, 5.41) is 3.20. The van der Waals surface area contributed by atoms with Crippen LogP contribution in [0.25, 0.3) is 0 Å². The molecular weight excluding hydrogens is 216 g/mol. The number of nitrogens with zero attached hydrogens (tertiary/aromatic N) is 3. The van der Waals surface area contributed by atoms with Crippen LogP contribution in [0, 0.1) is 0 Å². The number of urea groups is 1. The average Bonchev–Trinajstić information content (AvgIpc) is 2.57. The number of carbonyl (C=O) groups is 1. The molecule has 2 amide bonds. The first-order valence-electron chi connectivity index (χ1n) is 5.91. The Bertz CT molecular complexity index is 418. The van der Waals surface area contributed by atoms with Crippen molar-refractivity contribution in [1.29, 1.82) is 0 Å². The molecule has 1 atom stereocenters. The van der Waals surface area contributed by atoms with Crippen LogP contribution in [0.4, 0.5) is 4.79 Å². The predicted molar refractivity (Wildman–Crippen MR) is 63.5 cm³/mol. The molecule has 5 heteroatoms. The minimum Gasteiger partial charge on any atom is -0.319 e. The number of aromatic nitrogens is 1. The predicted octanol–water partition coefficient (Wildman–Crippen LogP) is 0.462. The van der Waals surface area contributed by atoms with E-state index in [4.69, 9.17) is 0 Å². The van der Waals surface area contributed by atoms with Crippen LogP contribution in [0.3, 0.4) is 0 Å². The fourth-order valence-electron chi connectivity index (χ4n) is 2.42. The van der Waals surface area contributed by atoms with Gasteiger partial charge in [0.25, 0.3) is 0 Å². The van der Waals surface area contributed by atoms with Gasteiger partial charge in [0, 0.05) is 39.1 Å². The van der Waals surface area contributed by atoms with Crippen molar-refractivity contribution in [2.45, 2.75) is 12.1 Å². The molecule has 0 radical (unpaired) electrons. The highest BCUT2D eigenvalue weighted by molar-refractivity contribution is 5.77. The van der Waals surface area contributed by atoms with E-state index in [0.29, 0.717) is 6.04 Å². The summed E-state index contributed by atoms with van der Waals surface area (Å²) in [5.41, 5.74) is 1.11. The van der Waals surface area contributed by atoms with Gasteiger partial charge in [-0.2, -0.15) is 0 Å². The molecule has 0 spiro atoms. The van der Waals surface area contributed by atoms with Crippen LogP contribution in [-0.2, 0) is 0 Å². The monoisotopic (exact) mass is 232 g/mol. The summed E-state index contributed by atoms with van der Waals surface area (Å²) in [6.45, 7) is 2.60. The Morgan fingerprint density at radius 3 is 2.88 bits per heavy atom. The van der Waals surface area contributed by atoms with Crippen molar-refractivity contribution < 1.29 is 4.79 Å². The highest BCUT2D eigenvalue weighted by Crippen LogP contribution is 2.29. The third kappa shape index (κ3) is 1.67. The van der Waals surface area contributed by atoms with Gasteiger partial charge in [-0.3, -0.25) is 4.98 Å². The first kappa shape index (κ1) is 10.5. The third-order valence-corrected chi connectivity index (χ3v) is 3.65. The molecule has 3 rings (SSSR count). The van der Waals surface area contributed by atoms with Crippen molar-refractivity contribution in [2.75, 3.05) is 26.7 Å². The van der Waals surface area contributed by atoms with E-state index >= 15 is 0 Å². The van der Waals surface area contributed by atoms with E-state index in [-0.39, 0.29) is 12.1 Å². The lowest BCUT2D eigenvalue weighted by Gasteiger charge is -2.34. The molecule has 0 aliphatic carbocycles. The van der Waals surface area contributed by atoms with Crippen molar-refractivity contribution in [3.05, 3.63) is 30.1 Å². The largest absolute Gasteiger partial charge is 0.320 e. The van der Waals surface area contributed by atoms with Gasteiger partial charge in [0.1, 0.15) is 0 Å². The first-order chi connectivity index (χ1) is 8.27. The van der Waals surface area contributed by atoms with Gasteiger partial charge < -0.3 is 15.1 Å². The molecule has 0 aromatic carbocycles. The van der Waals surface area contributed by atoms with E-state index < -0.39 is 0 Å². The quantitative estimate of drug-likeness (QED) is 0.806. The molecule has 0 bridgehead atoms. The van der Waals surface area contributed by atoms with Crippen molar-refractivity contribution in [3.8, 4) is 0 Å². The minimum absolute atomic E-state index is 0.130. The topological polar surface area (TPSA) is 48.5 Å². The van der Waals surface area contributed by atoms with Crippen LogP contribution in [0.5, 0.6) is 0 Å². The van der Waals surface area contributed by atoms with Crippen LogP contribution < -0.4 is 5.32 Å². The average molecular weight is 232 g/mol. The molecule has 0 saturated carbocycles. The third-order valence-electron chi connectivity index (χ3n) is 3.65. The molecule has 1 N–H and O–H groups in total. The summed E-state index contributed by atoms with van der Waals surface area (Å²) in [4.78, 5) is 20.0. The smallest absolute Gasteiger partial charge is 0.319 e. The van der Waals surface area contributed by atoms with Crippen LogP contribution in [0.2, 0.25) is 0 Å². The van der Waals surface area contributed by atoms with Crippen LogP contribution in [-0.4, -0.2) is 53.5 Å². The van der Waals surface area contributed by atoms with Crippen molar-refractivity contribution >= 4 is 6.03 Å². The van der Waals surface area contributed by atoms with Gasteiger partial charge in [-0.1, -0.05) is 6.07 Å². The maximum atomic E-state index is 12.1. The molecule has 2 fully saturated rings. The molecule has 1 unspecified atom stereocenters. The number of amides is 2. The molecular formula is C12H16N4O. The first-order valence-corrected chi connectivity index (χ1v) is 5.91. The number of pyridine rings is 1. The van der Waals surface area contributed by atoms with Gasteiger partial charge in [0.05, 0.1) is 12.1 Å². The molecule has 1 aromatic rings. The SMILES string of the molecule is CN1C(=O)N(C2CNC2)CC1c1cccnc1. The lowest BCUT2D eigenvalue weighted by atomic mass is 10.1. The summed E-state index contributed by atoms with van der Waals surface area (Å²) in [7, 11) is 1.87. The summed E-state index contributed by atoms with van der Waals surface area (Å²) in [5.74, 6) is 0.